The third-order valence-corrected chi connectivity index (χ3v) is 3.87. The molecule has 1 atom stereocenters. The van der Waals surface area contributed by atoms with Crippen molar-refractivity contribution in [2.45, 2.75) is 32.7 Å². The van der Waals surface area contributed by atoms with Gasteiger partial charge in [-0.3, -0.25) is 0 Å². The Morgan fingerprint density at radius 1 is 1.00 bits per heavy atom. The number of nitrogens with one attached hydrogen (secondary N) is 1. The van der Waals surface area contributed by atoms with Crippen molar-refractivity contribution in [3.63, 3.8) is 0 Å². The molecule has 0 saturated carbocycles. The molecule has 0 radical (unpaired) electrons. The molecule has 0 aliphatic carbocycles. The van der Waals surface area contributed by atoms with Crippen LogP contribution in [-0.4, -0.2) is 7.05 Å². The van der Waals surface area contributed by atoms with E-state index >= 15 is 0 Å². The van der Waals surface area contributed by atoms with Crippen molar-refractivity contribution in [2.75, 3.05) is 7.05 Å². The van der Waals surface area contributed by atoms with Crippen molar-refractivity contribution in [3.8, 4) is 0 Å². The Morgan fingerprint density at radius 2 is 1.62 bits per heavy atom. The zero-order valence-corrected chi connectivity index (χ0v) is 12.7. The SMILES string of the molecule is CCc1ccc(CC(NC)c2cc(C)c(F)cc2F)cc1. The zero-order chi connectivity index (χ0) is 15.4. The van der Waals surface area contributed by atoms with E-state index in [2.05, 4.69) is 36.5 Å². The number of hydrogen-bond donors (Lipinski definition) is 1. The minimum Gasteiger partial charge on any atom is -0.313 e. The van der Waals surface area contributed by atoms with E-state index in [-0.39, 0.29) is 6.04 Å². The number of benzene rings is 2. The summed E-state index contributed by atoms with van der Waals surface area (Å²) in [5.41, 5.74) is 3.39. The maximum Gasteiger partial charge on any atom is 0.130 e. The Labute approximate surface area is 125 Å². The Balaban J connectivity index is 2.25. The quantitative estimate of drug-likeness (QED) is 0.863. The number of rotatable bonds is 5. The molecule has 21 heavy (non-hydrogen) atoms. The van der Waals surface area contributed by atoms with E-state index in [0.717, 1.165) is 18.1 Å². The zero-order valence-electron chi connectivity index (χ0n) is 12.7. The lowest BCUT2D eigenvalue weighted by Gasteiger charge is -2.18. The van der Waals surface area contributed by atoms with E-state index < -0.39 is 11.6 Å². The second-order valence-electron chi connectivity index (χ2n) is 5.34. The fourth-order valence-electron chi connectivity index (χ4n) is 2.46. The summed E-state index contributed by atoms with van der Waals surface area (Å²) in [6, 6.07) is 10.7. The van der Waals surface area contributed by atoms with Crippen molar-refractivity contribution in [2.24, 2.45) is 0 Å². The molecule has 0 fully saturated rings. The number of aryl methyl sites for hydroxylation is 2. The van der Waals surface area contributed by atoms with E-state index in [9.17, 15) is 8.78 Å². The third-order valence-electron chi connectivity index (χ3n) is 3.87. The van der Waals surface area contributed by atoms with Crippen LogP contribution in [0.25, 0.3) is 0 Å². The average Bonchev–Trinajstić information content (AvgIpc) is 2.49. The van der Waals surface area contributed by atoms with Crippen molar-refractivity contribution in [3.05, 3.63) is 70.3 Å². The van der Waals surface area contributed by atoms with E-state index in [0.29, 0.717) is 17.5 Å². The summed E-state index contributed by atoms with van der Waals surface area (Å²) in [6.07, 6.45) is 1.67. The predicted molar refractivity (Wildman–Crippen MR) is 82.4 cm³/mol. The van der Waals surface area contributed by atoms with Crippen molar-refractivity contribution >= 4 is 0 Å². The van der Waals surface area contributed by atoms with Gasteiger partial charge in [-0.2, -0.15) is 0 Å². The summed E-state index contributed by atoms with van der Waals surface area (Å²) in [5.74, 6) is -0.999. The van der Waals surface area contributed by atoms with Crippen LogP contribution in [-0.2, 0) is 12.8 Å². The maximum absolute atomic E-state index is 14.0. The van der Waals surface area contributed by atoms with E-state index in [1.807, 2.05) is 0 Å². The molecule has 1 N–H and O–H groups in total. The molecule has 1 nitrogen and oxygen atoms in total. The molecule has 2 rings (SSSR count). The van der Waals surface area contributed by atoms with Crippen molar-refractivity contribution in [1.29, 1.82) is 0 Å². The molecule has 1 unspecified atom stereocenters. The lowest BCUT2D eigenvalue weighted by molar-refractivity contribution is 0.519. The van der Waals surface area contributed by atoms with Gasteiger partial charge in [0.05, 0.1) is 0 Å². The largest absolute Gasteiger partial charge is 0.313 e. The first-order valence-corrected chi connectivity index (χ1v) is 7.25. The molecular formula is C18H21F2N. The molecule has 0 aliphatic rings. The summed E-state index contributed by atoms with van der Waals surface area (Å²) >= 11 is 0. The normalized spacial score (nSPS) is 12.4. The minimum absolute atomic E-state index is 0.170. The Hall–Kier alpha value is -1.74. The molecule has 0 spiro atoms. The first kappa shape index (κ1) is 15.6. The summed E-state index contributed by atoms with van der Waals surface area (Å²) < 4.78 is 27.4. The first-order chi connectivity index (χ1) is 10.0. The van der Waals surface area contributed by atoms with Crippen LogP contribution in [0, 0.1) is 18.6 Å². The van der Waals surface area contributed by atoms with Crippen LogP contribution in [0.1, 0.15) is 35.2 Å². The van der Waals surface area contributed by atoms with Crippen molar-refractivity contribution in [1.82, 2.24) is 5.32 Å². The van der Waals surface area contributed by atoms with Gasteiger partial charge in [0.15, 0.2) is 0 Å². The highest BCUT2D eigenvalue weighted by Crippen LogP contribution is 2.24. The van der Waals surface area contributed by atoms with Gasteiger partial charge in [-0.25, -0.2) is 8.78 Å². The van der Waals surface area contributed by atoms with E-state index in [1.165, 1.54) is 5.56 Å². The average molecular weight is 289 g/mol. The van der Waals surface area contributed by atoms with Gasteiger partial charge in [0.25, 0.3) is 0 Å². The fraction of sp³-hybridized carbons (Fsp3) is 0.333. The Kier molecular flexibility index (Phi) is 5.07. The number of hydrogen-bond acceptors (Lipinski definition) is 1. The molecular weight excluding hydrogens is 268 g/mol. The van der Waals surface area contributed by atoms with E-state index in [1.54, 1.807) is 20.0 Å². The highest BCUT2D eigenvalue weighted by molar-refractivity contribution is 5.31. The van der Waals surface area contributed by atoms with Crippen LogP contribution in [0.5, 0.6) is 0 Å². The molecule has 3 heteroatoms. The molecule has 0 aliphatic heterocycles. The smallest absolute Gasteiger partial charge is 0.130 e. The highest BCUT2D eigenvalue weighted by atomic mass is 19.1. The predicted octanol–water partition coefficient (Wildman–Crippen LogP) is 4.34. The molecule has 2 aromatic rings. The van der Waals surface area contributed by atoms with Gasteiger partial charge in [0.2, 0.25) is 0 Å². The molecule has 0 aromatic heterocycles. The standard InChI is InChI=1S/C18H21F2N/c1-4-13-5-7-14(8-6-13)10-18(21-3)15-9-12(2)16(19)11-17(15)20/h5-9,11,18,21H,4,10H2,1-3H3. The molecule has 112 valence electrons. The van der Waals surface area contributed by atoms with Crippen LogP contribution in [0.3, 0.4) is 0 Å². The van der Waals surface area contributed by atoms with Gasteiger partial charge in [-0.15, -0.1) is 0 Å². The maximum atomic E-state index is 14.0. The lowest BCUT2D eigenvalue weighted by atomic mass is 9.96. The van der Waals surface area contributed by atoms with Gasteiger partial charge < -0.3 is 5.32 Å². The van der Waals surface area contributed by atoms with Crippen LogP contribution in [0.4, 0.5) is 8.78 Å². The summed E-state index contributed by atoms with van der Waals surface area (Å²) in [7, 11) is 1.79. The summed E-state index contributed by atoms with van der Waals surface area (Å²) in [4.78, 5) is 0. The second-order valence-corrected chi connectivity index (χ2v) is 5.34. The van der Waals surface area contributed by atoms with Crippen LogP contribution < -0.4 is 5.32 Å². The minimum atomic E-state index is -0.501. The number of likely N-dealkylation sites (N-methyl/N-ethyl adjacent to an activating group) is 1. The third kappa shape index (κ3) is 3.67. The van der Waals surface area contributed by atoms with Gasteiger partial charge >= 0.3 is 0 Å². The molecule has 0 saturated heterocycles. The van der Waals surface area contributed by atoms with Gasteiger partial charge in [0, 0.05) is 17.7 Å². The fourth-order valence-corrected chi connectivity index (χ4v) is 2.46. The molecule has 2 aromatic carbocycles. The highest BCUT2D eigenvalue weighted by Gasteiger charge is 2.16. The van der Waals surface area contributed by atoms with Crippen molar-refractivity contribution < 1.29 is 8.78 Å². The molecule has 0 amide bonds. The Morgan fingerprint density at radius 3 is 2.19 bits per heavy atom. The summed E-state index contributed by atoms with van der Waals surface area (Å²) in [6.45, 7) is 3.77. The van der Waals surface area contributed by atoms with Crippen LogP contribution in [0.15, 0.2) is 36.4 Å². The second kappa shape index (κ2) is 6.81. The first-order valence-electron chi connectivity index (χ1n) is 7.25. The van der Waals surface area contributed by atoms with Crippen LogP contribution >= 0.6 is 0 Å². The molecule has 0 bridgehead atoms. The Bertz CT molecular complexity index is 605. The van der Waals surface area contributed by atoms with Gasteiger partial charge in [0.1, 0.15) is 11.6 Å². The topological polar surface area (TPSA) is 12.0 Å². The number of halogens is 2. The van der Waals surface area contributed by atoms with Crippen LogP contribution in [0.2, 0.25) is 0 Å². The van der Waals surface area contributed by atoms with E-state index in [4.69, 9.17) is 0 Å². The summed E-state index contributed by atoms with van der Waals surface area (Å²) in [5, 5.41) is 3.12. The monoisotopic (exact) mass is 289 g/mol. The lowest BCUT2D eigenvalue weighted by Crippen LogP contribution is -2.20. The van der Waals surface area contributed by atoms with Gasteiger partial charge in [-0.05, 0) is 49.6 Å². The van der Waals surface area contributed by atoms with Gasteiger partial charge in [-0.1, -0.05) is 31.2 Å². The molecule has 0 heterocycles.